The second-order valence-electron chi connectivity index (χ2n) is 4.16. The molecule has 0 amide bonds. The average molecular weight is 277 g/mol. The van der Waals surface area contributed by atoms with Gasteiger partial charge in [0.05, 0.1) is 13.7 Å². The Bertz CT molecular complexity index is 497. The molecule has 0 atom stereocenters. The Morgan fingerprint density at radius 3 is 2.79 bits per heavy atom. The highest BCUT2D eigenvalue weighted by atomic mass is 32.1. The van der Waals surface area contributed by atoms with Crippen LogP contribution in [-0.2, 0) is 13.0 Å². The van der Waals surface area contributed by atoms with Gasteiger partial charge in [-0.2, -0.15) is 0 Å². The highest BCUT2D eigenvalue weighted by Gasteiger charge is 2.10. The smallest absolute Gasteiger partial charge is 0.165 e. The Labute approximate surface area is 118 Å². The minimum absolute atomic E-state index is 0.664. The van der Waals surface area contributed by atoms with Gasteiger partial charge in [0.15, 0.2) is 11.5 Å². The predicted octanol–water partition coefficient (Wildman–Crippen LogP) is 3.10. The van der Waals surface area contributed by atoms with E-state index in [0.29, 0.717) is 6.61 Å². The van der Waals surface area contributed by atoms with Crippen molar-refractivity contribution < 1.29 is 9.47 Å². The van der Waals surface area contributed by atoms with Gasteiger partial charge in [0.25, 0.3) is 0 Å². The maximum Gasteiger partial charge on any atom is 0.165 e. The highest BCUT2D eigenvalue weighted by molar-refractivity contribution is 7.09. The lowest BCUT2D eigenvalue weighted by molar-refractivity contribution is 0.295. The third kappa shape index (κ3) is 3.72. The van der Waals surface area contributed by atoms with E-state index in [1.165, 1.54) is 4.88 Å². The second kappa shape index (κ2) is 7.16. The van der Waals surface area contributed by atoms with Gasteiger partial charge in [0, 0.05) is 23.4 Å². The van der Waals surface area contributed by atoms with E-state index in [-0.39, 0.29) is 0 Å². The fourth-order valence-electron chi connectivity index (χ4n) is 1.92. The summed E-state index contributed by atoms with van der Waals surface area (Å²) in [4.78, 5) is 1.34. The molecule has 0 bridgehead atoms. The molecular weight excluding hydrogens is 258 g/mol. The van der Waals surface area contributed by atoms with Crippen molar-refractivity contribution >= 4 is 11.3 Å². The first-order valence-electron chi connectivity index (χ1n) is 6.31. The number of rotatable bonds is 7. The van der Waals surface area contributed by atoms with Gasteiger partial charge >= 0.3 is 0 Å². The number of methoxy groups -OCH3 is 1. The Hall–Kier alpha value is -1.52. The van der Waals surface area contributed by atoms with Gasteiger partial charge in [0.2, 0.25) is 0 Å². The molecule has 0 spiro atoms. The van der Waals surface area contributed by atoms with Crippen molar-refractivity contribution in [2.75, 3.05) is 20.8 Å². The Balaban J connectivity index is 2.04. The van der Waals surface area contributed by atoms with Gasteiger partial charge in [-0.1, -0.05) is 18.2 Å². The lowest BCUT2D eigenvalue weighted by atomic mass is 10.2. The quantitative estimate of drug-likeness (QED) is 0.843. The maximum atomic E-state index is 5.93. The van der Waals surface area contributed by atoms with E-state index in [9.17, 15) is 0 Å². The van der Waals surface area contributed by atoms with Crippen LogP contribution in [-0.4, -0.2) is 20.8 Å². The molecule has 0 aliphatic carbocycles. The van der Waals surface area contributed by atoms with E-state index >= 15 is 0 Å². The van der Waals surface area contributed by atoms with Crippen LogP contribution >= 0.6 is 11.3 Å². The highest BCUT2D eigenvalue weighted by Crippen LogP contribution is 2.31. The van der Waals surface area contributed by atoms with Gasteiger partial charge in [-0.3, -0.25) is 0 Å². The number of thiophene rings is 1. The van der Waals surface area contributed by atoms with Gasteiger partial charge in [-0.25, -0.2) is 0 Å². The summed E-state index contributed by atoms with van der Waals surface area (Å²) in [6, 6.07) is 10.2. The molecule has 102 valence electrons. The molecule has 3 nitrogen and oxygen atoms in total. The monoisotopic (exact) mass is 277 g/mol. The molecule has 0 saturated heterocycles. The van der Waals surface area contributed by atoms with Crippen LogP contribution in [0.5, 0.6) is 11.5 Å². The van der Waals surface area contributed by atoms with Crippen LogP contribution in [0.1, 0.15) is 10.4 Å². The lowest BCUT2D eigenvalue weighted by Gasteiger charge is -2.14. The molecule has 4 heteroatoms. The number of hydrogen-bond donors (Lipinski definition) is 1. The van der Waals surface area contributed by atoms with Crippen LogP contribution in [0.25, 0.3) is 0 Å². The number of nitrogens with one attached hydrogen (secondary N) is 1. The van der Waals surface area contributed by atoms with Crippen molar-refractivity contribution in [1.82, 2.24) is 5.32 Å². The number of hydrogen-bond acceptors (Lipinski definition) is 4. The maximum absolute atomic E-state index is 5.93. The summed E-state index contributed by atoms with van der Waals surface area (Å²) < 4.78 is 11.3. The van der Waals surface area contributed by atoms with Crippen LogP contribution in [0.3, 0.4) is 0 Å². The molecule has 2 rings (SSSR count). The number of benzene rings is 1. The number of para-hydroxylation sites is 1. The summed E-state index contributed by atoms with van der Waals surface area (Å²) in [7, 11) is 3.60. The third-order valence-electron chi connectivity index (χ3n) is 2.82. The van der Waals surface area contributed by atoms with Crippen molar-refractivity contribution in [3.8, 4) is 11.5 Å². The summed E-state index contributed by atoms with van der Waals surface area (Å²) in [6.45, 7) is 1.43. The first kappa shape index (κ1) is 13.9. The van der Waals surface area contributed by atoms with Gasteiger partial charge < -0.3 is 14.8 Å². The molecule has 2 aromatic rings. The molecular formula is C15H19NO2S. The summed E-state index contributed by atoms with van der Waals surface area (Å²) >= 11 is 1.76. The SMILES string of the molecule is CNCc1cccc(OC)c1OCCc1cccs1. The van der Waals surface area contributed by atoms with Crippen molar-refractivity contribution in [3.05, 3.63) is 46.2 Å². The zero-order chi connectivity index (χ0) is 13.5. The third-order valence-corrected chi connectivity index (χ3v) is 3.76. The zero-order valence-electron chi connectivity index (χ0n) is 11.3. The molecule has 0 fully saturated rings. The molecule has 19 heavy (non-hydrogen) atoms. The summed E-state index contributed by atoms with van der Waals surface area (Å²) in [5, 5.41) is 5.23. The topological polar surface area (TPSA) is 30.5 Å². The predicted molar refractivity (Wildman–Crippen MR) is 79.3 cm³/mol. The van der Waals surface area contributed by atoms with Crippen molar-refractivity contribution in [2.45, 2.75) is 13.0 Å². The summed E-state index contributed by atoms with van der Waals surface area (Å²) in [5.74, 6) is 1.63. The van der Waals surface area contributed by atoms with Crippen LogP contribution in [0.4, 0.5) is 0 Å². The molecule has 0 unspecified atom stereocenters. The Morgan fingerprint density at radius 2 is 2.11 bits per heavy atom. The molecule has 0 radical (unpaired) electrons. The van der Waals surface area contributed by atoms with Crippen molar-refractivity contribution in [2.24, 2.45) is 0 Å². The van der Waals surface area contributed by atoms with E-state index in [0.717, 1.165) is 30.0 Å². The standard InChI is InChI=1S/C15H19NO2S/c1-16-11-12-5-3-7-14(17-2)15(12)18-9-8-13-6-4-10-19-13/h3-7,10,16H,8-9,11H2,1-2H3. The van der Waals surface area contributed by atoms with Crippen molar-refractivity contribution in [3.63, 3.8) is 0 Å². The Morgan fingerprint density at radius 1 is 1.21 bits per heavy atom. The molecule has 0 saturated carbocycles. The molecule has 1 N–H and O–H groups in total. The van der Waals surface area contributed by atoms with Crippen LogP contribution < -0.4 is 14.8 Å². The summed E-state index contributed by atoms with van der Waals surface area (Å²) in [5.41, 5.74) is 1.12. The van der Waals surface area contributed by atoms with E-state index in [4.69, 9.17) is 9.47 Å². The first-order chi connectivity index (χ1) is 9.35. The van der Waals surface area contributed by atoms with E-state index in [1.807, 2.05) is 19.2 Å². The zero-order valence-corrected chi connectivity index (χ0v) is 12.1. The minimum atomic E-state index is 0.664. The van der Waals surface area contributed by atoms with Crippen molar-refractivity contribution in [1.29, 1.82) is 0 Å². The molecule has 0 aliphatic heterocycles. The first-order valence-corrected chi connectivity index (χ1v) is 7.18. The van der Waals surface area contributed by atoms with Gasteiger partial charge in [-0.05, 0) is 24.6 Å². The van der Waals surface area contributed by atoms with Gasteiger partial charge in [0.1, 0.15) is 0 Å². The van der Waals surface area contributed by atoms with E-state index < -0.39 is 0 Å². The van der Waals surface area contributed by atoms with E-state index in [1.54, 1.807) is 18.4 Å². The van der Waals surface area contributed by atoms with Crippen LogP contribution in [0, 0.1) is 0 Å². The average Bonchev–Trinajstić information content (AvgIpc) is 2.93. The fourth-order valence-corrected chi connectivity index (χ4v) is 2.61. The second-order valence-corrected chi connectivity index (χ2v) is 5.19. The molecule has 1 aromatic carbocycles. The van der Waals surface area contributed by atoms with Gasteiger partial charge in [-0.15, -0.1) is 11.3 Å². The van der Waals surface area contributed by atoms with Crippen LogP contribution in [0.2, 0.25) is 0 Å². The summed E-state index contributed by atoms with van der Waals surface area (Å²) in [6.07, 6.45) is 0.925. The van der Waals surface area contributed by atoms with Crippen LogP contribution in [0.15, 0.2) is 35.7 Å². The largest absolute Gasteiger partial charge is 0.493 e. The number of ether oxygens (including phenoxy) is 2. The molecule has 1 aromatic heterocycles. The molecule has 0 aliphatic rings. The Kier molecular flexibility index (Phi) is 5.24. The lowest BCUT2D eigenvalue weighted by Crippen LogP contribution is -2.09. The fraction of sp³-hybridized carbons (Fsp3) is 0.333. The normalized spacial score (nSPS) is 10.4. The minimum Gasteiger partial charge on any atom is -0.493 e. The van der Waals surface area contributed by atoms with E-state index in [2.05, 4.69) is 28.9 Å². The molecule has 1 heterocycles.